The minimum atomic E-state index is -4.47. The van der Waals surface area contributed by atoms with Crippen LogP contribution in [0.5, 0.6) is 0 Å². The van der Waals surface area contributed by atoms with Crippen LogP contribution in [0.15, 0.2) is 0 Å². The molecule has 2 unspecified atom stereocenters. The molecule has 0 bridgehead atoms. The third-order valence-electron chi connectivity index (χ3n) is 4.82. The molecule has 1 N–H and O–H groups in total. The van der Waals surface area contributed by atoms with Crippen molar-refractivity contribution in [3.05, 3.63) is 0 Å². The van der Waals surface area contributed by atoms with Crippen molar-refractivity contribution in [2.75, 3.05) is 26.2 Å². The van der Waals surface area contributed by atoms with E-state index < -0.39 is 17.5 Å². The van der Waals surface area contributed by atoms with Crippen molar-refractivity contribution in [2.45, 2.75) is 45.2 Å². The number of carbonyl (C=O) groups is 1. The maximum atomic E-state index is 13.4. The molecule has 20 heavy (non-hydrogen) atoms. The van der Waals surface area contributed by atoms with E-state index in [2.05, 4.69) is 12.2 Å². The van der Waals surface area contributed by atoms with Crippen LogP contribution in [0.1, 0.15) is 39.0 Å². The van der Waals surface area contributed by atoms with Crippen LogP contribution in [0.3, 0.4) is 0 Å². The summed E-state index contributed by atoms with van der Waals surface area (Å²) < 4.78 is 40.1. The van der Waals surface area contributed by atoms with Crippen molar-refractivity contribution < 1.29 is 18.0 Å². The number of alkyl halides is 3. The number of nitrogens with zero attached hydrogens (tertiary/aromatic N) is 1. The molecule has 2 atom stereocenters. The molecule has 2 fully saturated rings. The zero-order valence-electron chi connectivity index (χ0n) is 11.9. The lowest BCUT2D eigenvalue weighted by Crippen LogP contribution is -2.53. The third-order valence-corrected chi connectivity index (χ3v) is 4.82. The number of carbonyl (C=O) groups excluding carboxylic acids is 1. The van der Waals surface area contributed by atoms with Gasteiger partial charge >= 0.3 is 6.18 Å². The molecule has 2 aliphatic rings. The zero-order chi connectivity index (χ0) is 14.8. The molecule has 2 aliphatic heterocycles. The summed E-state index contributed by atoms with van der Waals surface area (Å²) in [6.45, 7) is 3.02. The van der Waals surface area contributed by atoms with E-state index in [1.807, 2.05) is 0 Å². The average Bonchev–Trinajstić information content (AvgIpc) is 2.78. The summed E-state index contributed by atoms with van der Waals surface area (Å²) in [5, 5.41) is 2.71. The van der Waals surface area contributed by atoms with Crippen LogP contribution in [0.25, 0.3) is 0 Å². The molecule has 116 valence electrons. The van der Waals surface area contributed by atoms with Crippen molar-refractivity contribution in [1.82, 2.24) is 10.2 Å². The van der Waals surface area contributed by atoms with E-state index in [1.165, 1.54) is 4.90 Å². The van der Waals surface area contributed by atoms with Gasteiger partial charge in [0.1, 0.15) is 0 Å². The Bertz CT molecular complexity index is 351. The molecule has 2 rings (SSSR count). The van der Waals surface area contributed by atoms with Crippen LogP contribution in [-0.4, -0.2) is 43.2 Å². The van der Waals surface area contributed by atoms with Crippen LogP contribution in [-0.2, 0) is 4.79 Å². The normalized spacial score (nSPS) is 32.2. The van der Waals surface area contributed by atoms with Gasteiger partial charge in [0.15, 0.2) is 5.41 Å². The van der Waals surface area contributed by atoms with E-state index in [9.17, 15) is 18.0 Å². The largest absolute Gasteiger partial charge is 0.404 e. The second-order valence-electron chi connectivity index (χ2n) is 6.00. The first-order valence-corrected chi connectivity index (χ1v) is 7.47. The van der Waals surface area contributed by atoms with Crippen LogP contribution in [0, 0.1) is 11.3 Å². The van der Waals surface area contributed by atoms with Crippen LogP contribution in [0.2, 0.25) is 0 Å². The van der Waals surface area contributed by atoms with Gasteiger partial charge in [-0.1, -0.05) is 13.3 Å². The van der Waals surface area contributed by atoms with Crippen LogP contribution >= 0.6 is 0 Å². The second-order valence-corrected chi connectivity index (χ2v) is 6.00. The molecule has 0 spiro atoms. The summed E-state index contributed by atoms with van der Waals surface area (Å²) in [5.74, 6) is -0.178. The Morgan fingerprint density at radius 1 is 1.35 bits per heavy atom. The fourth-order valence-electron chi connectivity index (χ4n) is 3.32. The highest BCUT2D eigenvalue weighted by atomic mass is 19.4. The molecule has 6 heteroatoms. The summed E-state index contributed by atoms with van der Waals surface area (Å²) in [7, 11) is 0. The van der Waals surface area contributed by atoms with Crippen molar-refractivity contribution in [3.8, 4) is 0 Å². The van der Waals surface area contributed by atoms with Crippen LogP contribution < -0.4 is 5.32 Å². The molecule has 0 aromatic rings. The number of nitrogens with one attached hydrogen (secondary N) is 1. The Labute approximate surface area is 117 Å². The van der Waals surface area contributed by atoms with Gasteiger partial charge in [-0.3, -0.25) is 4.79 Å². The molecule has 2 saturated heterocycles. The van der Waals surface area contributed by atoms with Crippen molar-refractivity contribution in [1.29, 1.82) is 0 Å². The Balaban J connectivity index is 2.12. The average molecular weight is 292 g/mol. The summed E-state index contributed by atoms with van der Waals surface area (Å²) in [5.41, 5.74) is -2.20. The quantitative estimate of drug-likeness (QED) is 0.848. The standard InChI is InChI=1S/C14H23F3N2O/c1-2-11-4-3-8-19(9-5-11)12(20)13(14(15,16)17)6-7-18-10-13/h11,18H,2-10H2,1H3. The minimum Gasteiger partial charge on any atom is -0.342 e. The van der Waals surface area contributed by atoms with E-state index in [4.69, 9.17) is 0 Å². The van der Waals surface area contributed by atoms with Gasteiger partial charge in [-0.25, -0.2) is 0 Å². The molecule has 0 aromatic carbocycles. The number of amides is 1. The molecule has 0 aromatic heterocycles. The fraction of sp³-hybridized carbons (Fsp3) is 0.929. The first-order chi connectivity index (χ1) is 9.40. The lowest BCUT2D eigenvalue weighted by atomic mass is 9.84. The Morgan fingerprint density at radius 3 is 2.65 bits per heavy atom. The SMILES string of the molecule is CCC1CCCN(C(=O)C2(C(F)(F)F)CCNC2)CC1. The van der Waals surface area contributed by atoms with Gasteiger partial charge in [0.25, 0.3) is 0 Å². The monoisotopic (exact) mass is 292 g/mol. The van der Waals surface area contributed by atoms with E-state index in [0.717, 1.165) is 25.7 Å². The topological polar surface area (TPSA) is 32.3 Å². The first kappa shape index (κ1) is 15.6. The molecule has 0 aliphatic carbocycles. The predicted molar refractivity (Wildman–Crippen MR) is 70.2 cm³/mol. The number of hydrogen-bond donors (Lipinski definition) is 1. The number of halogens is 3. The molecular formula is C14H23F3N2O. The van der Waals surface area contributed by atoms with Gasteiger partial charge in [-0.15, -0.1) is 0 Å². The first-order valence-electron chi connectivity index (χ1n) is 7.47. The molecule has 3 nitrogen and oxygen atoms in total. The lowest BCUT2D eigenvalue weighted by molar-refractivity contribution is -0.221. The summed E-state index contributed by atoms with van der Waals surface area (Å²) in [4.78, 5) is 13.9. The maximum absolute atomic E-state index is 13.4. The van der Waals surface area contributed by atoms with Crippen molar-refractivity contribution in [3.63, 3.8) is 0 Å². The minimum absolute atomic E-state index is 0.136. The maximum Gasteiger partial charge on any atom is 0.404 e. The van der Waals surface area contributed by atoms with E-state index in [-0.39, 0.29) is 19.5 Å². The molecule has 2 heterocycles. The van der Waals surface area contributed by atoms with Gasteiger partial charge in [-0.2, -0.15) is 13.2 Å². The molecule has 0 radical (unpaired) electrons. The lowest BCUT2D eigenvalue weighted by Gasteiger charge is -2.34. The second kappa shape index (κ2) is 5.92. The van der Waals surface area contributed by atoms with Crippen molar-refractivity contribution in [2.24, 2.45) is 11.3 Å². The van der Waals surface area contributed by atoms with Gasteiger partial charge in [0.2, 0.25) is 5.91 Å². The molecule has 0 saturated carbocycles. The Kier molecular flexibility index (Phi) is 4.62. The van der Waals surface area contributed by atoms with Crippen LogP contribution in [0.4, 0.5) is 13.2 Å². The Hall–Kier alpha value is -0.780. The highest BCUT2D eigenvalue weighted by Crippen LogP contribution is 2.44. The van der Waals surface area contributed by atoms with Gasteiger partial charge < -0.3 is 10.2 Å². The number of rotatable bonds is 2. The Morgan fingerprint density at radius 2 is 2.10 bits per heavy atom. The zero-order valence-corrected chi connectivity index (χ0v) is 11.9. The highest BCUT2D eigenvalue weighted by Gasteiger charge is 2.62. The van der Waals surface area contributed by atoms with Gasteiger partial charge in [0, 0.05) is 19.6 Å². The smallest absolute Gasteiger partial charge is 0.342 e. The van der Waals surface area contributed by atoms with E-state index in [0.29, 0.717) is 19.0 Å². The summed E-state index contributed by atoms with van der Waals surface area (Å²) in [6.07, 6.45) is -0.923. The number of likely N-dealkylation sites (tertiary alicyclic amines) is 1. The van der Waals surface area contributed by atoms with E-state index in [1.54, 1.807) is 0 Å². The predicted octanol–water partition coefficient (Wildman–Crippen LogP) is 2.57. The highest BCUT2D eigenvalue weighted by molar-refractivity contribution is 5.84. The van der Waals surface area contributed by atoms with Gasteiger partial charge in [0.05, 0.1) is 0 Å². The fourth-order valence-corrected chi connectivity index (χ4v) is 3.32. The van der Waals surface area contributed by atoms with Gasteiger partial charge in [-0.05, 0) is 38.1 Å². The molecule has 1 amide bonds. The summed E-state index contributed by atoms with van der Waals surface area (Å²) >= 11 is 0. The van der Waals surface area contributed by atoms with Crippen molar-refractivity contribution >= 4 is 5.91 Å². The third kappa shape index (κ3) is 2.80. The van der Waals surface area contributed by atoms with E-state index >= 15 is 0 Å². The summed E-state index contributed by atoms with van der Waals surface area (Å²) in [6, 6.07) is 0. The number of hydrogen-bond acceptors (Lipinski definition) is 2. The molecular weight excluding hydrogens is 269 g/mol.